The van der Waals surface area contributed by atoms with E-state index in [0.29, 0.717) is 64.7 Å². The molecule has 4 aromatic rings. The zero-order valence-electron chi connectivity index (χ0n) is 20.0. The highest BCUT2D eigenvalue weighted by atomic mass is 16.6. The van der Waals surface area contributed by atoms with Gasteiger partial charge in [-0.05, 0) is 60.4 Å². The molecular formula is C28H25NO7. The highest BCUT2D eigenvalue weighted by Crippen LogP contribution is 2.36. The lowest BCUT2D eigenvalue weighted by atomic mass is 10.0. The van der Waals surface area contributed by atoms with Crippen LogP contribution in [0.3, 0.4) is 0 Å². The number of fused-ring (bicyclic) bond motifs is 2. The Morgan fingerprint density at radius 3 is 2.47 bits per heavy atom. The SMILES string of the molecule is CCc1cc2c(=O)c(-c3ccc4c(c3)OCCCO4)c(C)oc2cc1OCc1ccc([N+](=O)[O-])cc1. The molecule has 0 aliphatic carbocycles. The van der Waals surface area contributed by atoms with Crippen molar-refractivity contribution < 1.29 is 23.6 Å². The molecule has 1 aromatic heterocycles. The number of nitrogens with zero attached hydrogens (tertiary/aromatic N) is 1. The molecule has 0 saturated carbocycles. The monoisotopic (exact) mass is 487 g/mol. The lowest BCUT2D eigenvalue weighted by Gasteiger charge is -2.14. The Balaban J connectivity index is 1.49. The molecule has 1 aliphatic heterocycles. The highest BCUT2D eigenvalue weighted by Gasteiger charge is 2.19. The molecule has 5 rings (SSSR count). The van der Waals surface area contributed by atoms with E-state index >= 15 is 0 Å². The van der Waals surface area contributed by atoms with E-state index in [1.54, 1.807) is 25.1 Å². The van der Waals surface area contributed by atoms with Gasteiger partial charge >= 0.3 is 0 Å². The number of nitro benzene ring substituents is 1. The first kappa shape index (κ1) is 23.4. The molecule has 0 fully saturated rings. The van der Waals surface area contributed by atoms with Gasteiger partial charge in [-0.25, -0.2) is 0 Å². The van der Waals surface area contributed by atoms with Crippen molar-refractivity contribution in [2.45, 2.75) is 33.3 Å². The van der Waals surface area contributed by atoms with Crippen molar-refractivity contribution in [1.29, 1.82) is 0 Å². The van der Waals surface area contributed by atoms with Gasteiger partial charge in [0.25, 0.3) is 5.69 Å². The molecule has 0 saturated heterocycles. The Morgan fingerprint density at radius 1 is 1.00 bits per heavy atom. The summed E-state index contributed by atoms with van der Waals surface area (Å²) in [5, 5.41) is 11.3. The van der Waals surface area contributed by atoms with Gasteiger partial charge in [-0.2, -0.15) is 0 Å². The summed E-state index contributed by atoms with van der Waals surface area (Å²) in [7, 11) is 0. The molecule has 1 aliphatic rings. The Hall–Kier alpha value is -4.33. The fraction of sp³-hybridized carbons (Fsp3) is 0.250. The zero-order chi connectivity index (χ0) is 25.2. The maximum atomic E-state index is 13.6. The lowest BCUT2D eigenvalue weighted by Crippen LogP contribution is -2.09. The minimum atomic E-state index is -0.436. The smallest absolute Gasteiger partial charge is 0.269 e. The number of hydrogen-bond acceptors (Lipinski definition) is 7. The van der Waals surface area contributed by atoms with Crippen molar-refractivity contribution in [2.75, 3.05) is 13.2 Å². The molecule has 0 atom stereocenters. The van der Waals surface area contributed by atoms with E-state index in [9.17, 15) is 14.9 Å². The highest BCUT2D eigenvalue weighted by molar-refractivity contribution is 5.85. The van der Waals surface area contributed by atoms with E-state index in [2.05, 4.69) is 0 Å². The van der Waals surface area contributed by atoms with Crippen LogP contribution >= 0.6 is 0 Å². The Morgan fingerprint density at radius 2 is 1.75 bits per heavy atom. The van der Waals surface area contributed by atoms with E-state index in [0.717, 1.165) is 17.5 Å². The standard InChI is InChI=1S/C28H25NO7/c1-3-19-13-22-25(15-24(19)35-16-18-5-8-21(9-6-18)29(31)32)36-17(2)27(28(22)30)20-7-10-23-26(14-20)34-12-4-11-33-23/h5-10,13-15H,3-4,11-12,16H2,1-2H3. The normalized spacial score (nSPS) is 12.8. The van der Waals surface area contributed by atoms with Gasteiger partial charge in [0.2, 0.25) is 5.43 Å². The molecule has 8 heteroatoms. The summed E-state index contributed by atoms with van der Waals surface area (Å²) in [5.41, 5.74) is 3.20. The van der Waals surface area contributed by atoms with E-state index < -0.39 is 4.92 Å². The van der Waals surface area contributed by atoms with Gasteiger partial charge < -0.3 is 18.6 Å². The Bertz CT molecular complexity index is 1510. The second-order valence-corrected chi connectivity index (χ2v) is 8.60. The number of hydrogen-bond donors (Lipinski definition) is 0. The summed E-state index contributed by atoms with van der Waals surface area (Å²) in [6.07, 6.45) is 1.45. The van der Waals surface area contributed by atoms with Crippen LogP contribution < -0.4 is 19.6 Å². The summed E-state index contributed by atoms with van der Waals surface area (Å²) in [6.45, 7) is 5.14. The molecular weight excluding hydrogens is 462 g/mol. The lowest BCUT2D eigenvalue weighted by molar-refractivity contribution is -0.384. The van der Waals surface area contributed by atoms with Crippen molar-refractivity contribution in [3.05, 3.63) is 91.8 Å². The van der Waals surface area contributed by atoms with Gasteiger partial charge in [0.05, 0.1) is 29.1 Å². The van der Waals surface area contributed by atoms with E-state index in [-0.39, 0.29) is 17.7 Å². The first-order valence-electron chi connectivity index (χ1n) is 11.8. The number of aryl methyl sites for hydroxylation is 2. The summed E-state index contributed by atoms with van der Waals surface area (Å²) in [5.74, 6) is 2.39. The zero-order valence-corrected chi connectivity index (χ0v) is 20.0. The number of rotatable bonds is 6. The van der Waals surface area contributed by atoms with Crippen LogP contribution in [0.4, 0.5) is 5.69 Å². The molecule has 2 heterocycles. The molecule has 0 N–H and O–H groups in total. The molecule has 0 radical (unpaired) electrons. The van der Waals surface area contributed by atoms with Gasteiger partial charge in [-0.1, -0.05) is 13.0 Å². The fourth-order valence-corrected chi connectivity index (χ4v) is 4.32. The number of benzene rings is 3. The van der Waals surface area contributed by atoms with Crippen LogP contribution in [0.1, 0.15) is 30.2 Å². The average molecular weight is 488 g/mol. The van der Waals surface area contributed by atoms with Crippen LogP contribution in [0.2, 0.25) is 0 Å². The van der Waals surface area contributed by atoms with Gasteiger partial charge in [0.15, 0.2) is 11.5 Å². The molecule has 0 spiro atoms. The summed E-state index contributed by atoms with van der Waals surface area (Å²) >= 11 is 0. The van der Waals surface area contributed by atoms with Crippen molar-refractivity contribution in [3.63, 3.8) is 0 Å². The third kappa shape index (κ3) is 4.49. The predicted octanol–water partition coefficient (Wildman–Crippen LogP) is 5.98. The molecule has 184 valence electrons. The minimum Gasteiger partial charge on any atom is -0.490 e. The molecule has 0 bridgehead atoms. The Kier molecular flexibility index (Phi) is 6.33. The fourth-order valence-electron chi connectivity index (χ4n) is 4.32. The maximum absolute atomic E-state index is 13.6. The van der Waals surface area contributed by atoms with Crippen molar-refractivity contribution >= 4 is 16.7 Å². The molecule has 0 amide bonds. The van der Waals surface area contributed by atoms with Crippen LogP contribution in [0.15, 0.2) is 63.8 Å². The van der Waals surface area contributed by atoms with Crippen LogP contribution in [0.25, 0.3) is 22.1 Å². The Labute approximate surface area is 207 Å². The molecule has 3 aromatic carbocycles. The molecule has 36 heavy (non-hydrogen) atoms. The van der Waals surface area contributed by atoms with Gasteiger partial charge in [0, 0.05) is 24.6 Å². The van der Waals surface area contributed by atoms with Crippen LogP contribution in [-0.2, 0) is 13.0 Å². The average Bonchev–Trinajstić information content (AvgIpc) is 3.12. The minimum absolute atomic E-state index is 0.0281. The number of non-ortho nitro benzene ring substituents is 1. The van der Waals surface area contributed by atoms with Gasteiger partial charge in [-0.15, -0.1) is 0 Å². The summed E-state index contributed by atoms with van der Waals surface area (Å²) < 4.78 is 23.7. The van der Waals surface area contributed by atoms with Crippen molar-refractivity contribution in [2.24, 2.45) is 0 Å². The second-order valence-electron chi connectivity index (χ2n) is 8.60. The van der Waals surface area contributed by atoms with E-state index in [1.165, 1.54) is 12.1 Å². The number of nitro groups is 1. The maximum Gasteiger partial charge on any atom is 0.269 e. The third-order valence-corrected chi connectivity index (χ3v) is 6.21. The topological polar surface area (TPSA) is 101 Å². The largest absolute Gasteiger partial charge is 0.490 e. The van der Waals surface area contributed by atoms with E-state index in [1.807, 2.05) is 31.2 Å². The van der Waals surface area contributed by atoms with Crippen molar-refractivity contribution in [1.82, 2.24) is 0 Å². The summed E-state index contributed by atoms with van der Waals surface area (Å²) in [6, 6.07) is 15.3. The van der Waals surface area contributed by atoms with Crippen molar-refractivity contribution in [3.8, 4) is 28.4 Å². The first-order valence-corrected chi connectivity index (χ1v) is 11.8. The first-order chi connectivity index (χ1) is 17.4. The third-order valence-electron chi connectivity index (χ3n) is 6.21. The predicted molar refractivity (Wildman–Crippen MR) is 135 cm³/mol. The van der Waals surface area contributed by atoms with Gasteiger partial charge in [0.1, 0.15) is 23.7 Å². The van der Waals surface area contributed by atoms with E-state index in [4.69, 9.17) is 18.6 Å². The quantitative estimate of drug-likeness (QED) is 0.244. The summed E-state index contributed by atoms with van der Waals surface area (Å²) in [4.78, 5) is 24.0. The van der Waals surface area contributed by atoms with Crippen LogP contribution in [0, 0.1) is 17.0 Å². The second kappa shape index (κ2) is 9.73. The molecule has 8 nitrogen and oxygen atoms in total. The van der Waals surface area contributed by atoms with Crippen LogP contribution in [0.5, 0.6) is 17.2 Å². The molecule has 0 unspecified atom stereocenters. The van der Waals surface area contributed by atoms with Gasteiger partial charge in [-0.3, -0.25) is 14.9 Å². The van der Waals surface area contributed by atoms with Crippen LogP contribution in [-0.4, -0.2) is 18.1 Å². The number of ether oxygens (including phenoxy) is 3.